The lowest BCUT2D eigenvalue weighted by molar-refractivity contribution is 0.0364. The highest BCUT2D eigenvalue weighted by Gasteiger charge is 2.38. The molecule has 3 N–H and O–H groups in total. The van der Waals surface area contributed by atoms with Gasteiger partial charge in [0.2, 0.25) is 0 Å². The minimum absolute atomic E-state index is 0.156. The van der Waals surface area contributed by atoms with Crippen LogP contribution in [0.25, 0.3) is 22.5 Å². The van der Waals surface area contributed by atoms with Gasteiger partial charge in [-0.15, -0.1) is 0 Å². The zero-order valence-corrected chi connectivity index (χ0v) is 22.6. The fraction of sp³-hybridized carbons (Fsp3) is 0.433. The number of nitrogens with zero attached hydrogens (tertiary/aromatic N) is 5. The number of hydrazine groups is 1. The number of nitrogens with one attached hydrogen (secondary N) is 1. The number of ether oxygens (including phenoxy) is 1. The van der Waals surface area contributed by atoms with Crippen molar-refractivity contribution in [2.24, 2.45) is 5.73 Å². The summed E-state index contributed by atoms with van der Waals surface area (Å²) in [6, 6.07) is 14.0. The third-order valence-electron chi connectivity index (χ3n) is 8.87. The van der Waals surface area contributed by atoms with Crippen molar-refractivity contribution in [2.45, 2.75) is 31.7 Å². The van der Waals surface area contributed by atoms with Gasteiger partial charge in [-0.2, -0.15) is 5.10 Å². The number of ketones is 1. The predicted molar refractivity (Wildman–Crippen MR) is 153 cm³/mol. The van der Waals surface area contributed by atoms with Gasteiger partial charge in [-0.25, -0.2) is 14.8 Å². The molecular formula is C30H35N7O3. The van der Waals surface area contributed by atoms with Crippen LogP contribution in [0.15, 0.2) is 42.5 Å². The number of nitrogens with two attached hydrogens (primary N) is 1. The number of likely N-dealkylation sites (tertiary alicyclic amines) is 1. The standard InChI is InChI=1S/C30H35N7O3/c31-30(39)37(36-16-18-40-19-17-36)24-5-3-4-23-25(24)29(38)26-27(32-33-28(23)26)20-6-8-21(9-7-20)35-14-10-22(11-15-35)34-12-1-2-13-34/h3-9,22H,1-2,10-19H2,(H2,31,39)(H,32,33). The van der Waals surface area contributed by atoms with Crippen LogP contribution in [0.3, 0.4) is 0 Å². The molecule has 10 heteroatoms. The van der Waals surface area contributed by atoms with Crippen LogP contribution >= 0.6 is 0 Å². The van der Waals surface area contributed by atoms with Crippen molar-refractivity contribution in [3.8, 4) is 22.5 Å². The summed E-state index contributed by atoms with van der Waals surface area (Å²) >= 11 is 0. The van der Waals surface area contributed by atoms with E-state index < -0.39 is 6.03 Å². The number of morpholine rings is 1. The van der Waals surface area contributed by atoms with E-state index in [4.69, 9.17) is 10.5 Å². The molecule has 0 atom stereocenters. The van der Waals surface area contributed by atoms with Crippen molar-refractivity contribution < 1.29 is 14.3 Å². The van der Waals surface area contributed by atoms with E-state index in [9.17, 15) is 9.59 Å². The lowest BCUT2D eigenvalue weighted by atomic mass is 10.0. The van der Waals surface area contributed by atoms with Crippen molar-refractivity contribution in [3.63, 3.8) is 0 Å². The Bertz CT molecular complexity index is 1420. The summed E-state index contributed by atoms with van der Waals surface area (Å²) in [7, 11) is 0. The summed E-state index contributed by atoms with van der Waals surface area (Å²) in [6.07, 6.45) is 5.09. The van der Waals surface area contributed by atoms with E-state index in [1.165, 1.54) is 49.5 Å². The van der Waals surface area contributed by atoms with Crippen LogP contribution in [-0.4, -0.2) is 90.4 Å². The lowest BCUT2D eigenvalue weighted by Crippen LogP contribution is -2.54. The number of anilines is 2. The molecule has 4 heterocycles. The first kappa shape index (κ1) is 25.3. The molecule has 3 aromatic rings. The van der Waals surface area contributed by atoms with Crippen LogP contribution in [0.5, 0.6) is 0 Å². The molecule has 3 aliphatic heterocycles. The highest BCUT2D eigenvalue weighted by atomic mass is 16.5. The highest BCUT2D eigenvalue weighted by Crippen LogP contribution is 2.44. The van der Waals surface area contributed by atoms with E-state index in [0.29, 0.717) is 54.5 Å². The minimum atomic E-state index is -0.628. The summed E-state index contributed by atoms with van der Waals surface area (Å²) in [4.78, 5) is 31.6. The summed E-state index contributed by atoms with van der Waals surface area (Å²) in [6.45, 7) is 6.65. The number of aromatic amines is 1. The van der Waals surface area contributed by atoms with E-state index in [2.05, 4.69) is 44.3 Å². The average molecular weight is 542 g/mol. The summed E-state index contributed by atoms with van der Waals surface area (Å²) in [5.41, 5.74) is 11.4. The van der Waals surface area contributed by atoms with E-state index >= 15 is 0 Å². The quantitative estimate of drug-likeness (QED) is 0.398. The number of fused-ring (bicyclic) bond motifs is 3. The summed E-state index contributed by atoms with van der Waals surface area (Å²) in [5, 5.41) is 10.9. The van der Waals surface area contributed by atoms with E-state index in [1.54, 1.807) is 6.07 Å². The normalized spacial score (nSPS) is 20.1. The first-order valence-electron chi connectivity index (χ1n) is 14.4. The number of primary amides is 1. The molecule has 0 radical (unpaired) electrons. The molecule has 1 aromatic heterocycles. The van der Waals surface area contributed by atoms with Crippen LogP contribution < -0.4 is 15.6 Å². The predicted octanol–water partition coefficient (Wildman–Crippen LogP) is 3.49. The fourth-order valence-electron chi connectivity index (χ4n) is 6.85. The van der Waals surface area contributed by atoms with Gasteiger partial charge in [0.15, 0.2) is 5.78 Å². The van der Waals surface area contributed by atoms with Gasteiger partial charge in [0.25, 0.3) is 0 Å². The monoisotopic (exact) mass is 541 g/mol. The van der Waals surface area contributed by atoms with Gasteiger partial charge >= 0.3 is 6.03 Å². The molecule has 0 unspecified atom stereocenters. The van der Waals surface area contributed by atoms with Gasteiger partial charge in [-0.1, -0.05) is 24.3 Å². The number of benzene rings is 2. The smallest absolute Gasteiger partial charge is 0.334 e. The fourth-order valence-corrected chi connectivity index (χ4v) is 6.85. The van der Waals surface area contributed by atoms with Crippen LogP contribution in [0.1, 0.15) is 41.6 Å². The Morgan fingerprint density at radius 3 is 2.38 bits per heavy atom. The second-order valence-corrected chi connectivity index (χ2v) is 11.1. The van der Waals surface area contributed by atoms with Crippen molar-refractivity contribution in [1.82, 2.24) is 20.1 Å². The molecule has 208 valence electrons. The topological polar surface area (TPSA) is 111 Å². The first-order valence-corrected chi connectivity index (χ1v) is 14.4. The van der Waals surface area contributed by atoms with Gasteiger partial charge in [0, 0.05) is 49.0 Å². The number of carbonyl (C=O) groups is 2. The number of rotatable bonds is 5. The molecular weight excluding hydrogens is 506 g/mol. The maximum Gasteiger partial charge on any atom is 0.334 e. The van der Waals surface area contributed by atoms with Gasteiger partial charge < -0.3 is 20.3 Å². The molecule has 1 aliphatic carbocycles. The Balaban J connectivity index is 1.13. The molecule has 0 bridgehead atoms. The largest absolute Gasteiger partial charge is 0.379 e. The molecule has 10 nitrogen and oxygen atoms in total. The maximum absolute atomic E-state index is 13.9. The molecule has 7 rings (SSSR count). The molecule has 3 fully saturated rings. The highest BCUT2D eigenvalue weighted by molar-refractivity contribution is 6.27. The molecule has 40 heavy (non-hydrogen) atoms. The van der Waals surface area contributed by atoms with Gasteiger partial charge in [0.05, 0.1) is 35.7 Å². The van der Waals surface area contributed by atoms with Crippen molar-refractivity contribution >= 4 is 23.2 Å². The summed E-state index contributed by atoms with van der Waals surface area (Å²) < 4.78 is 5.45. The Morgan fingerprint density at radius 1 is 0.950 bits per heavy atom. The minimum Gasteiger partial charge on any atom is -0.379 e. The number of amides is 2. The molecule has 3 saturated heterocycles. The number of hydrogen-bond donors (Lipinski definition) is 2. The average Bonchev–Trinajstić information content (AvgIpc) is 3.73. The molecule has 2 amide bonds. The third kappa shape index (κ3) is 4.27. The SMILES string of the molecule is NC(=O)N(c1cccc2c1C(=O)c1c(-c3ccc(N4CCC(N5CCCC5)CC4)cc3)n[nH]c1-2)N1CCOCC1. The number of hydrogen-bond acceptors (Lipinski definition) is 7. The van der Waals surface area contributed by atoms with Crippen LogP contribution in [0.2, 0.25) is 0 Å². The summed E-state index contributed by atoms with van der Waals surface area (Å²) in [5.74, 6) is -0.156. The van der Waals surface area contributed by atoms with E-state index in [0.717, 1.165) is 30.3 Å². The number of carbonyl (C=O) groups excluding carboxylic acids is 2. The Morgan fingerprint density at radius 2 is 1.68 bits per heavy atom. The van der Waals surface area contributed by atoms with Gasteiger partial charge in [-0.3, -0.25) is 9.89 Å². The van der Waals surface area contributed by atoms with Gasteiger partial charge in [0.1, 0.15) is 5.69 Å². The molecule has 4 aliphatic rings. The maximum atomic E-state index is 13.9. The van der Waals surface area contributed by atoms with E-state index in [-0.39, 0.29) is 5.78 Å². The number of piperidine rings is 1. The molecule has 0 spiro atoms. The van der Waals surface area contributed by atoms with Crippen LogP contribution in [0, 0.1) is 0 Å². The zero-order valence-electron chi connectivity index (χ0n) is 22.6. The zero-order chi connectivity index (χ0) is 27.2. The first-order chi connectivity index (χ1) is 19.6. The van der Waals surface area contributed by atoms with Crippen molar-refractivity contribution in [1.29, 1.82) is 0 Å². The second kappa shape index (κ2) is 10.3. The molecule has 0 saturated carbocycles. The molecule has 2 aromatic carbocycles. The Labute approximate surface area is 233 Å². The number of urea groups is 1. The Hall–Kier alpha value is -3.73. The van der Waals surface area contributed by atoms with Crippen molar-refractivity contribution in [2.75, 3.05) is 62.4 Å². The van der Waals surface area contributed by atoms with Crippen LogP contribution in [0.4, 0.5) is 16.2 Å². The third-order valence-corrected chi connectivity index (χ3v) is 8.87. The number of aromatic nitrogens is 2. The number of H-pyrrole nitrogens is 1. The van der Waals surface area contributed by atoms with Crippen LogP contribution in [-0.2, 0) is 4.74 Å². The lowest BCUT2D eigenvalue weighted by Gasteiger charge is -2.37. The van der Waals surface area contributed by atoms with Crippen molar-refractivity contribution in [3.05, 3.63) is 53.6 Å². The van der Waals surface area contributed by atoms with E-state index in [1.807, 2.05) is 17.1 Å². The van der Waals surface area contributed by atoms with Gasteiger partial charge in [-0.05, 0) is 57.0 Å². The Kier molecular flexibility index (Phi) is 6.53. The second-order valence-electron chi connectivity index (χ2n) is 11.1.